The van der Waals surface area contributed by atoms with Gasteiger partial charge >= 0.3 is 0 Å². The average molecular weight is 249 g/mol. The van der Waals surface area contributed by atoms with Crippen molar-refractivity contribution in [3.8, 4) is 17.6 Å². The second-order valence-electron chi connectivity index (χ2n) is 3.61. The first-order chi connectivity index (χ1) is 8.63. The van der Waals surface area contributed by atoms with E-state index in [1.54, 1.807) is 6.07 Å². The molecule has 0 spiro atoms. The Morgan fingerprint density at radius 2 is 2.28 bits per heavy atom. The fourth-order valence-corrected chi connectivity index (χ4v) is 1.34. The van der Waals surface area contributed by atoms with Crippen LogP contribution in [0.3, 0.4) is 0 Å². The number of rotatable bonds is 4. The van der Waals surface area contributed by atoms with Gasteiger partial charge in [0.1, 0.15) is 11.6 Å². The number of hydrogen-bond acceptors (Lipinski definition) is 2. The van der Waals surface area contributed by atoms with Crippen molar-refractivity contribution in [2.75, 3.05) is 13.2 Å². The van der Waals surface area contributed by atoms with Crippen molar-refractivity contribution in [3.63, 3.8) is 0 Å². The van der Waals surface area contributed by atoms with Crippen LogP contribution in [0.4, 0.5) is 4.39 Å². The number of benzene rings is 1. The van der Waals surface area contributed by atoms with E-state index in [9.17, 15) is 9.18 Å². The minimum Gasteiger partial charge on any atom is -0.493 e. The maximum atomic E-state index is 13.1. The molecular formula is C14H16FNO2. The molecule has 0 fully saturated rings. The summed E-state index contributed by atoms with van der Waals surface area (Å²) in [5.41, 5.74) is 0.527. The summed E-state index contributed by atoms with van der Waals surface area (Å²) in [5.74, 6) is 5.86. The normalized spacial score (nSPS) is 9.28. The predicted molar refractivity (Wildman–Crippen MR) is 67.7 cm³/mol. The highest BCUT2D eigenvalue weighted by atomic mass is 19.1. The highest BCUT2D eigenvalue weighted by Crippen LogP contribution is 2.18. The largest absolute Gasteiger partial charge is 0.493 e. The van der Waals surface area contributed by atoms with E-state index in [1.807, 2.05) is 6.92 Å². The maximum Gasteiger partial charge on any atom is 0.216 e. The zero-order valence-electron chi connectivity index (χ0n) is 10.5. The first-order valence-electron chi connectivity index (χ1n) is 5.79. The van der Waals surface area contributed by atoms with Gasteiger partial charge in [0.05, 0.1) is 12.2 Å². The molecule has 0 heterocycles. The number of carbonyl (C=O) groups excluding carboxylic acids is 1. The summed E-state index contributed by atoms with van der Waals surface area (Å²) in [6.45, 7) is 4.30. The second-order valence-corrected chi connectivity index (χ2v) is 3.61. The summed E-state index contributed by atoms with van der Waals surface area (Å²) >= 11 is 0. The van der Waals surface area contributed by atoms with E-state index in [4.69, 9.17) is 4.74 Å². The Morgan fingerprint density at radius 3 is 2.94 bits per heavy atom. The van der Waals surface area contributed by atoms with Gasteiger partial charge in [-0.25, -0.2) is 4.39 Å². The standard InChI is InChI=1S/C14H16FNO2/c1-3-18-14-8-7-13(15)10-12(14)6-4-5-9-16-11(2)17/h7-8,10H,3,5,9H2,1-2H3,(H,16,17). The van der Waals surface area contributed by atoms with E-state index < -0.39 is 0 Å². The van der Waals surface area contributed by atoms with E-state index in [0.29, 0.717) is 30.9 Å². The smallest absolute Gasteiger partial charge is 0.216 e. The van der Waals surface area contributed by atoms with Crippen molar-refractivity contribution >= 4 is 5.91 Å². The van der Waals surface area contributed by atoms with Gasteiger partial charge < -0.3 is 10.1 Å². The first kappa shape index (κ1) is 14.0. The van der Waals surface area contributed by atoms with Gasteiger partial charge in [-0.15, -0.1) is 0 Å². The van der Waals surface area contributed by atoms with E-state index >= 15 is 0 Å². The molecule has 0 aliphatic carbocycles. The molecule has 1 amide bonds. The summed E-state index contributed by atoms with van der Waals surface area (Å²) in [6.07, 6.45) is 0.516. The Hall–Kier alpha value is -2.02. The number of nitrogens with one attached hydrogen (secondary N) is 1. The van der Waals surface area contributed by atoms with Crippen LogP contribution in [0.2, 0.25) is 0 Å². The van der Waals surface area contributed by atoms with E-state index in [0.717, 1.165) is 0 Å². The van der Waals surface area contributed by atoms with Crippen molar-refractivity contribution < 1.29 is 13.9 Å². The molecule has 0 aliphatic rings. The van der Waals surface area contributed by atoms with Gasteiger partial charge in [0.2, 0.25) is 5.91 Å². The predicted octanol–water partition coefficient (Wildman–Crippen LogP) is 2.10. The molecular weight excluding hydrogens is 233 g/mol. The summed E-state index contributed by atoms with van der Waals surface area (Å²) in [6, 6.07) is 4.25. The molecule has 0 aliphatic heterocycles. The molecule has 3 nitrogen and oxygen atoms in total. The van der Waals surface area contributed by atoms with Gasteiger partial charge in [0, 0.05) is 19.9 Å². The van der Waals surface area contributed by atoms with Crippen LogP contribution in [0, 0.1) is 17.7 Å². The monoisotopic (exact) mass is 249 g/mol. The molecule has 18 heavy (non-hydrogen) atoms. The van der Waals surface area contributed by atoms with Crippen LogP contribution in [0.5, 0.6) is 5.75 Å². The number of carbonyl (C=O) groups is 1. The zero-order chi connectivity index (χ0) is 13.4. The van der Waals surface area contributed by atoms with Gasteiger partial charge in [0.15, 0.2) is 0 Å². The minimum atomic E-state index is -0.343. The Bertz CT molecular complexity index is 474. The quantitative estimate of drug-likeness (QED) is 0.655. The van der Waals surface area contributed by atoms with Crippen LogP contribution in [-0.4, -0.2) is 19.1 Å². The molecule has 96 valence electrons. The van der Waals surface area contributed by atoms with Gasteiger partial charge in [0.25, 0.3) is 0 Å². The van der Waals surface area contributed by atoms with Gasteiger partial charge in [-0.1, -0.05) is 11.8 Å². The van der Waals surface area contributed by atoms with Crippen LogP contribution in [0.15, 0.2) is 18.2 Å². The lowest BCUT2D eigenvalue weighted by Crippen LogP contribution is -2.20. The van der Waals surface area contributed by atoms with Crippen LogP contribution in [-0.2, 0) is 4.79 Å². The van der Waals surface area contributed by atoms with Crippen molar-refractivity contribution in [1.82, 2.24) is 5.32 Å². The third kappa shape index (κ3) is 4.88. The van der Waals surface area contributed by atoms with E-state index in [-0.39, 0.29) is 11.7 Å². The lowest BCUT2D eigenvalue weighted by atomic mass is 10.2. The number of halogens is 1. The van der Waals surface area contributed by atoms with Crippen molar-refractivity contribution in [1.29, 1.82) is 0 Å². The Kier molecular flexibility index (Phi) is 5.72. The first-order valence-corrected chi connectivity index (χ1v) is 5.79. The van der Waals surface area contributed by atoms with Gasteiger partial charge in [-0.3, -0.25) is 4.79 Å². The highest BCUT2D eigenvalue weighted by molar-refractivity contribution is 5.72. The SMILES string of the molecule is CCOc1ccc(F)cc1C#CCCNC(C)=O. The molecule has 1 aromatic carbocycles. The molecule has 0 saturated heterocycles. The topological polar surface area (TPSA) is 38.3 Å². The van der Waals surface area contributed by atoms with Crippen LogP contribution >= 0.6 is 0 Å². The molecule has 0 atom stereocenters. The van der Waals surface area contributed by atoms with Crippen LogP contribution < -0.4 is 10.1 Å². The Labute approximate surface area is 106 Å². The fraction of sp³-hybridized carbons (Fsp3) is 0.357. The Morgan fingerprint density at radius 1 is 1.50 bits per heavy atom. The molecule has 1 N–H and O–H groups in total. The lowest BCUT2D eigenvalue weighted by Gasteiger charge is -2.05. The molecule has 0 bridgehead atoms. The zero-order valence-corrected chi connectivity index (χ0v) is 10.5. The summed E-state index contributed by atoms with van der Waals surface area (Å²) in [7, 11) is 0. The average Bonchev–Trinajstić information content (AvgIpc) is 2.32. The molecule has 0 aromatic heterocycles. The Balaban J connectivity index is 2.67. The van der Waals surface area contributed by atoms with Gasteiger partial charge in [-0.2, -0.15) is 0 Å². The fourth-order valence-electron chi connectivity index (χ4n) is 1.34. The van der Waals surface area contributed by atoms with Crippen molar-refractivity contribution in [2.45, 2.75) is 20.3 Å². The van der Waals surface area contributed by atoms with Crippen molar-refractivity contribution in [2.24, 2.45) is 0 Å². The minimum absolute atomic E-state index is 0.0856. The summed E-state index contributed by atoms with van der Waals surface area (Å²) in [4.78, 5) is 10.6. The van der Waals surface area contributed by atoms with E-state index in [2.05, 4.69) is 17.2 Å². The summed E-state index contributed by atoms with van der Waals surface area (Å²) < 4.78 is 18.4. The van der Waals surface area contributed by atoms with Gasteiger partial charge in [-0.05, 0) is 25.1 Å². The highest BCUT2D eigenvalue weighted by Gasteiger charge is 2.01. The maximum absolute atomic E-state index is 13.1. The van der Waals surface area contributed by atoms with Crippen molar-refractivity contribution in [3.05, 3.63) is 29.6 Å². The molecule has 1 rings (SSSR count). The third-order valence-electron chi connectivity index (χ3n) is 2.09. The molecule has 1 aromatic rings. The molecule has 0 unspecified atom stereocenters. The van der Waals surface area contributed by atoms with E-state index in [1.165, 1.54) is 19.1 Å². The molecule has 0 saturated carbocycles. The lowest BCUT2D eigenvalue weighted by molar-refractivity contribution is -0.118. The van der Waals surface area contributed by atoms with Crippen LogP contribution in [0.25, 0.3) is 0 Å². The number of ether oxygens (including phenoxy) is 1. The second kappa shape index (κ2) is 7.33. The molecule has 0 radical (unpaired) electrons. The van der Waals surface area contributed by atoms with Crippen LogP contribution in [0.1, 0.15) is 25.8 Å². The number of amides is 1. The number of hydrogen-bond donors (Lipinski definition) is 1. The molecule has 4 heteroatoms. The summed E-state index contributed by atoms with van der Waals surface area (Å²) in [5, 5.41) is 2.64. The third-order valence-corrected chi connectivity index (χ3v) is 2.09.